The molecule has 0 aliphatic heterocycles. The maximum Gasteiger partial charge on any atom is 0.133 e. The number of nitrogens with two attached hydrogens (primary N) is 1. The van der Waals surface area contributed by atoms with E-state index in [9.17, 15) is 0 Å². The van der Waals surface area contributed by atoms with Crippen molar-refractivity contribution in [2.45, 2.75) is 20.8 Å². The molecule has 1 heterocycles. The fourth-order valence-electron chi connectivity index (χ4n) is 0.624. The highest BCUT2D eigenvalue weighted by Gasteiger charge is 1.88. The normalized spacial score (nSPS) is 10.2. The van der Waals surface area contributed by atoms with Crippen LogP contribution in [-0.4, -0.2) is 9.55 Å². The molecule has 13 heavy (non-hydrogen) atoms. The highest BCUT2D eigenvalue weighted by Crippen LogP contribution is 1.94. The Hall–Kier alpha value is -1.25. The Balaban J connectivity index is 0.000000310. The van der Waals surface area contributed by atoms with Gasteiger partial charge in [0.25, 0.3) is 0 Å². The van der Waals surface area contributed by atoms with Crippen LogP contribution in [0.15, 0.2) is 18.6 Å². The molecule has 0 saturated carbocycles. The summed E-state index contributed by atoms with van der Waals surface area (Å²) >= 11 is 0. The van der Waals surface area contributed by atoms with Crippen LogP contribution in [0.3, 0.4) is 0 Å². The molecule has 0 spiro atoms. The Morgan fingerprint density at radius 3 is 2.31 bits per heavy atom. The lowest BCUT2D eigenvalue weighted by Gasteiger charge is -1.90. The number of imidazole rings is 1. The van der Waals surface area contributed by atoms with Crippen molar-refractivity contribution in [3.63, 3.8) is 0 Å². The Labute approximate surface area is 80.3 Å². The zero-order valence-electron chi connectivity index (χ0n) is 8.86. The van der Waals surface area contributed by atoms with E-state index in [1.54, 1.807) is 12.3 Å². The van der Waals surface area contributed by atoms with Gasteiger partial charge in [-0.2, -0.15) is 0 Å². The Morgan fingerprint density at radius 2 is 2.00 bits per heavy atom. The third-order valence-electron chi connectivity index (χ3n) is 1.10. The Morgan fingerprint density at radius 1 is 1.46 bits per heavy atom. The monoisotopic (exact) mass is 181 g/mol. The second-order valence-corrected chi connectivity index (χ2v) is 3.49. The minimum absolute atomic E-state index is 0.833. The summed E-state index contributed by atoms with van der Waals surface area (Å²) in [5.41, 5.74) is 5.15. The van der Waals surface area contributed by atoms with E-state index in [1.165, 1.54) is 6.20 Å². The van der Waals surface area contributed by atoms with Gasteiger partial charge in [0, 0.05) is 19.4 Å². The van der Waals surface area contributed by atoms with Gasteiger partial charge in [-0.05, 0) is 18.2 Å². The van der Waals surface area contributed by atoms with Crippen LogP contribution in [0.5, 0.6) is 0 Å². The van der Waals surface area contributed by atoms with E-state index < -0.39 is 0 Å². The van der Waals surface area contributed by atoms with E-state index in [0.29, 0.717) is 0 Å². The molecule has 0 fully saturated rings. The van der Waals surface area contributed by atoms with Crippen molar-refractivity contribution in [2.24, 2.45) is 18.7 Å². The van der Waals surface area contributed by atoms with Crippen molar-refractivity contribution < 1.29 is 0 Å². The maximum absolute atomic E-state index is 5.15. The van der Waals surface area contributed by atoms with Gasteiger partial charge in [-0.25, -0.2) is 4.98 Å². The van der Waals surface area contributed by atoms with E-state index in [0.717, 1.165) is 11.7 Å². The van der Waals surface area contributed by atoms with Crippen molar-refractivity contribution in [1.82, 2.24) is 9.55 Å². The SMILES string of the molecule is CC(C)C.Cn1ccnc1/C=C\N. The van der Waals surface area contributed by atoms with Gasteiger partial charge < -0.3 is 10.3 Å². The molecule has 74 valence electrons. The molecular weight excluding hydrogens is 162 g/mol. The van der Waals surface area contributed by atoms with E-state index in [2.05, 4.69) is 25.8 Å². The van der Waals surface area contributed by atoms with Gasteiger partial charge in [-0.1, -0.05) is 20.8 Å². The molecule has 0 atom stereocenters. The third-order valence-corrected chi connectivity index (χ3v) is 1.10. The smallest absolute Gasteiger partial charge is 0.133 e. The molecule has 0 amide bonds. The van der Waals surface area contributed by atoms with E-state index in [1.807, 2.05) is 17.8 Å². The van der Waals surface area contributed by atoms with E-state index in [-0.39, 0.29) is 0 Å². The van der Waals surface area contributed by atoms with Crippen molar-refractivity contribution in [3.8, 4) is 0 Å². The zero-order valence-corrected chi connectivity index (χ0v) is 8.86. The lowest BCUT2D eigenvalue weighted by atomic mass is 10.3. The van der Waals surface area contributed by atoms with Crippen LogP contribution in [0.1, 0.15) is 26.6 Å². The average molecular weight is 181 g/mol. The molecule has 0 unspecified atom stereocenters. The molecule has 0 aliphatic rings. The number of hydrogen-bond donors (Lipinski definition) is 1. The van der Waals surface area contributed by atoms with Gasteiger partial charge in [0.05, 0.1) is 0 Å². The minimum atomic E-state index is 0.833. The molecule has 0 saturated heterocycles. The van der Waals surface area contributed by atoms with Gasteiger partial charge in [-0.3, -0.25) is 0 Å². The first-order valence-electron chi connectivity index (χ1n) is 4.43. The molecule has 1 aromatic rings. The van der Waals surface area contributed by atoms with Gasteiger partial charge in [0.15, 0.2) is 0 Å². The topological polar surface area (TPSA) is 43.8 Å². The van der Waals surface area contributed by atoms with Gasteiger partial charge in [-0.15, -0.1) is 0 Å². The third kappa shape index (κ3) is 5.96. The standard InChI is InChI=1S/C6H9N3.C4H10/c1-9-5-4-8-6(9)2-3-7;1-4(2)3/h2-5H,7H2,1H3;4H,1-3H3/b3-2-;. The van der Waals surface area contributed by atoms with Crippen LogP contribution < -0.4 is 5.73 Å². The van der Waals surface area contributed by atoms with Gasteiger partial charge in [0.1, 0.15) is 5.82 Å². The molecule has 0 bridgehead atoms. The predicted molar refractivity (Wildman–Crippen MR) is 56.9 cm³/mol. The summed E-state index contributed by atoms with van der Waals surface area (Å²) in [5, 5.41) is 0. The molecule has 1 rings (SSSR count). The van der Waals surface area contributed by atoms with Crippen LogP contribution in [-0.2, 0) is 7.05 Å². The summed E-state index contributed by atoms with van der Waals surface area (Å²) in [6, 6.07) is 0. The highest BCUT2D eigenvalue weighted by atomic mass is 15.0. The molecule has 0 aliphatic carbocycles. The lowest BCUT2D eigenvalue weighted by molar-refractivity contribution is 0.737. The maximum atomic E-state index is 5.15. The summed E-state index contributed by atoms with van der Waals surface area (Å²) in [7, 11) is 1.92. The lowest BCUT2D eigenvalue weighted by Crippen LogP contribution is -1.89. The Kier molecular flexibility index (Phi) is 5.68. The van der Waals surface area contributed by atoms with E-state index in [4.69, 9.17) is 5.73 Å². The Bertz CT molecular complexity index is 246. The summed E-state index contributed by atoms with van der Waals surface area (Å²) in [5.74, 6) is 1.71. The fourth-order valence-corrected chi connectivity index (χ4v) is 0.624. The van der Waals surface area contributed by atoms with Gasteiger partial charge in [0.2, 0.25) is 0 Å². The van der Waals surface area contributed by atoms with Gasteiger partial charge >= 0.3 is 0 Å². The first kappa shape index (κ1) is 11.8. The summed E-state index contributed by atoms with van der Waals surface area (Å²) in [6.45, 7) is 6.50. The quantitative estimate of drug-likeness (QED) is 0.720. The van der Waals surface area contributed by atoms with Crippen LogP contribution in [0.4, 0.5) is 0 Å². The fraction of sp³-hybridized carbons (Fsp3) is 0.500. The summed E-state index contributed by atoms with van der Waals surface area (Å²) in [4.78, 5) is 4.00. The predicted octanol–water partition coefficient (Wildman–Crippen LogP) is 2.01. The molecule has 1 aromatic heterocycles. The molecule has 0 aromatic carbocycles. The molecule has 0 radical (unpaired) electrons. The zero-order chi connectivity index (χ0) is 10.3. The number of aryl methyl sites for hydroxylation is 1. The van der Waals surface area contributed by atoms with Crippen molar-refractivity contribution >= 4 is 6.08 Å². The summed E-state index contributed by atoms with van der Waals surface area (Å²) < 4.78 is 1.89. The first-order chi connectivity index (χ1) is 6.07. The van der Waals surface area contributed by atoms with Crippen molar-refractivity contribution in [3.05, 3.63) is 24.4 Å². The molecular formula is C10H19N3. The highest BCUT2D eigenvalue weighted by molar-refractivity contribution is 5.38. The van der Waals surface area contributed by atoms with Crippen LogP contribution in [0, 0.1) is 5.92 Å². The largest absolute Gasteiger partial charge is 0.404 e. The minimum Gasteiger partial charge on any atom is -0.404 e. The van der Waals surface area contributed by atoms with Crippen LogP contribution in [0.2, 0.25) is 0 Å². The molecule has 3 heteroatoms. The summed E-state index contributed by atoms with van der Waals surface area (Å²) in [6.07, 6.45) is 6.83. The second kappa shape index (κ2) is 6.29. The van der Waals surface area contributed by atoms with Crippen molar-refractivity contribution in [1.29, 1.82) is 0 Å². The van der Waals surface area contributed by atoms with E-state index >= 15 is 0 Å². The molecule has 2 N–H and O–H groups in total. The van der Waals surface area contributed by atoms with Crippen LogP contribution in [0.25, 0.3) is 6.08 Å². The number of nitrogens with zero attached hydrogens (tertiary/aromatic N) is 2. The number of aromatic nitrogens is 2. The van der Waals surface area contributed by atoms with Crippen molar-refractivity contribution in [2.75, 3.05) is 0 Å². The van der Waals surface area contributed by atoms with Crippen LogP contribution >= 0.6 is 0 Å². The second-order valence-electron chi connectivity index (χ2n) is 3.49. The molecule has 3 nitrogen and oxygen atoms in total. The number of hydrogen-bond acceptors (Lipinski definition) is 2. The first-order valence-corrected chi connectivity index (χ1v) is 4.43. The number of rotatable bonds is 1. The average Bonchev–Trinajstić information content (AvgIpc) is 2.36.